The van der Waals surface area contributed by atoms with Crippen LogP contribution in [0, 0.1) is 11.6 Å². The largest absolute Gasteiger partial charge is 0.330 e. The molecule has 132 valence electrons. The molecule has 0 aliphatic rings. The standard InChI is InChI=1S/C16H18F2N2O2S.ClH/c17-14-8-4-9-15(16(14)18)23(21,22)20(11-5-10-19)12-13-6-2-1-3-7-13;/h1-4,6-9H,5,10-12,19H2;1H. The van der Waals surface area contributed by atoms with Gasteiger partial charge in [0.25, 0.3) is 0 Å². The SMILES string of the molecule is Cl.NCCCN(Cc1ccccc1)S(=O)(=O)c1cccc(F)c1F. The summed E-state index contributed by atoms with van der Waals surface area (Å²) in [6.45, 7) is 0.495. The van der Waals surface area contributed by atoms with Crippen LogP contribution >= 0.6 is 12.4 Å². The van der Waals surface area contributed by atoms with Gasteiger partial charge >= 0.3 is 0 Å². The van der Waals surface area contributed by atoms with Crippen LogP contribution in [0.15, 0.2) is 53.4 Å². The molecule has 0 spiro atoms. The van der Waals surface area contributed by atoms with Crippen LogP contribution in [-0.2, 0) is 16.6 Å². The minimum absolute atomic E-state index is 0. The van der Waals surface area contributed by atoms with Gasteiger partial charge in [-0.05, 0) is 30.7 Å². The predicted molar refractivity (Wildman–Crippen MR) is 91.3 cm³/mol. The molecular weight excluding hydrogens is 358 g/mol. The average molecular weight is 377 g/mol. The van der Waals surface area contributed by atoms with Crippen molar-refractivity contribution in [2.75, 3.05) is 13.1 Å². The van der Waals surface area contributed by atoms with Crippen molar-refractivity contribution >= 4 is 22.4 Å². The highest BCUT2D eigenvalue weighted by Crippen LogP contribution is 2.23. The van der Waals surface area contributed by atoms with E-state index in [1.54, 1.807) is 24.3 Å². The Kier molecular flexibility index (Phi) is 7.75. The molecule has 0 amide bonds. The molecule has 0 atom stereocenters. The topological polar surface area (TPSA) is 63.4 Å². The third-order valence-electron chi connectivity index (χ3n) is 3.35. The fraction of sp³-hybridized carbons (Fsp3) is 0.250. The van der Waals surface area contributed by atoms with Crippen molar-refractivity contribution in [3.63, 3.8) is 0 Å². The molecule has 0 aromatic heterocycles. The molecule has 0 aliphatic carbocycles. The normalized spacial score (nSPS) is 11.3. The van der Waals surface area contributed by atoms with Crippen molar-refractivity contribution in [3.8, 4) is 0 Å². The van der Waals surface area contributed by atoms with Crippen LogP contribution in [0.25, 0.3) is 0 Å². The first-order valence-electron chi connectivity index (χ1n) is 7.15. The minimum Gasteiger partial charge on any atom is -0.330 e. The van der Waals surface area contributed by atoms with Gasteiger partial charge in [-0.2, -0.15) is 4.31 Å². The van der Waals surface area contributed by atoms with Crippen molar-refractivity contribution in [2.24, 2.45) is 5.73 Å². The molecule has 0 radical (unpaired) electrons. The predicted octanol–water partition coefficient (Wildman–Crippen LogP) is 2.93. The van der Waals surface area contributed by atoms with Gasteiger partial charge in [0.05, 0.1) is 0 Å². The third-order valence-corrected chi connectivity index (χ3v) is 5.21. The number of hydrogen-bond acceptors (Lipinski definition) is 3. The number of hydrogen-bond donors (Lipinski definition) is 1. The summed E-state index contributed by atoms with van der Waals surface area (Å²) in [5, 5.41) is 0. The van der Waals surface area contributed by atoms with E-state index < -0.39 is 26.6 Å². The lowest BCUT2D eigenvalue weighted by Gasteiger charge is -2.22. The second-order valence-electron chi connectivity index (χ2n) is 5.02. The van der Waals surface area contributed by atoms with E-state index in [-0.39, 0.29) is 25.5 Å². The Hall–Kier alpha value is -1.54. The summed E-state index contributed by atoms with van der Waals surface area (Å²) in [6, 6.07) is 12.0. The molecule has 0 bridgehead atoms. The summed E-state index contributed by atoms with van der Waals surface area (Å²) in [6.07, 6.45) is 0.420. The zero-order valence-corrected chi connectivity index (χ0v) is 14.5. The van der Waals surface area contributed by atoms with Gasteiger partial charge in [0.1, 0.15) is 4.90 Å². The molecule has 0 heterocycles. The van der Waals surface area contributed by atoms with E-state index in [0.717, 1.165) is 22.0 Å². The maximum atomic E-state index is 13.9. The van der Waals surface area contributed by atoms with Gasteiger partial charge in [0, 0.05) is 13.1 Å². The van der Waals surface area contributed by atoms with Crippen LogP contribution in [0.1, 0.15) is 12.0 Å². The second-order valence-corrected chi connectivity index (χ2v) is 6.92. The van der Waals surface area contributed by atoms with E-state index in [9.17, 15) is 17.2 Å². The lowest BCUT2D eigenvalue weighted by molar-refractivity contribution is 0.395. The minimum atomic E-state index is -4.16. The van der Waals surface area contributed by atoms with Gasteiger partial charge in [-0.3, -0.25) is 0 Å². The Labute approximate surface area is 146 Å². The summed E-state index contributed by atoms with van der Waals surface area (Å²) in [7, 11) is -4.16. The molecule has 8 heteroatoms. The molecule has 2 aromatic rings. The van der Waals surface area contributed by atoms with E-state index in [2.05, 4.69) is 0 Å². The van der Waals surface area contributed by atoms with Gasteiger partial charge in [-0.25, -0.2) is 17.2 Å². The second kappa shape index (κ2) is 9.08. The van der Waals surface area contributed by atoms with Gasteiger partial charge < -0.3 is 5.73 Å². The Morgan fingerprint density at radius 3 is 2.29 bits per heavy atom. The molecule has 0 aliphatic heterocycles. The Bertz CT molecular complexity index is 758. The lowest BCUT2D eigenvalue weighted by Crippen LogP contribution is -2.33. The number of benzene rings is 2. The number of sulfonamides is 1. The number of nitrogens with two attached hydrogens (primary N) is 1. The molecule has 0 fully saturated rings. The van der Waals surface area contributed by atoms with Crippen molar-refractivity contribution in [3.05, 3.63) is 65.7 Å². The van der Waals surface area contributed by atoms with Crippen LogP contribution in [0.4, 0.5) is 8.78 Å². The van der Waals surface area contributed by atoms with E-state index in [0.29, 0.717) is 13.0 Å². The highest BCUT2D eigenvalue weighted by atomic mass is 35.5. The molecule has 24 heavy (non-hydrogen) atoms. The zero-order valence-electron chi connectivity index (χ0n) is 12.9. The van der Waals surface area contributed by atoms with Gasteiger partial charge in [-0.15, -0.1) is 12.4 Å². The molecule has 4 nitrogen and oxygen atoms in total. The van der Waals surface area contributed by atoms with Crippen LogP contribution in [0.2, 0.25) is 0 Å². The van der Waals surface area contributed by atoms with Crippen molar-refractivity contribution in [1.29, 1.82) is 0 Å². The molecule has 0 unspecified atom stereocenters. The van der Waals surface area contributed by atoms with Crippen LogP contribution in [0.5, 0.6) is 0 Å². The Morgan fingerprint density at radius 2 is 1.67 bits per heavy atom. The van der Waals surface area contributed by atoms with Gasteiger partial charge in [0.2, 0.25) is 10.0 Å². The Balaban J connectivity index is 0.00000288. The average Bonchev–Trinajstić information content (AvgIpc) is 2.54. The van der Waals surface area contributed by atoms with Gasteiger partial charge in [0.15, 0.2) is 11.6 Å². The molecule has 0 saturated heterocycles. The third kappa shape index (κ3) is 4.73. The molecule has 2 N–H and O–H groups in total. The van der Waals surface area contributed by atoms with Crippen LogP contribution < -0.4 is 5.73 Å². The van der Waals surface area contributed by atoms with E-state index >= 15 is 0 Å². The highest BCUT2D eigenvalue weighted by Gasteiger charge is 2.28. The molecule has 0 saturated carbocycles. The lowest BCUT2D eigenvalue weighted by atomic mass is 10.2. The molecule has 2 aromatic carbocycles. The highest BCUT2D eigenvalue weighted by molar-refractivity contribution is 7.89. The number of halogens is 3. The van der Waals surface area contributed by atoms with E-state index in [1.807, 2.05) is 6.07 Å². The summed E-state index contributed by atoms with van der Waals surface area (Å²) in [5.74, 6) is -2.55. The maximum Gasteiger partial charge on any atom is 0.246 e. The monoisotopic (exact) mass is 376 g/mol. The summed E-state index contributed by atoms with van der Waals surface area (Å²) >= 11 is 0. The first kappa shape index (κ1) is 20.5. The first-order valence-corrected chi connectivity index (χ1v) is 8.59. The molecular formula is C16H19ClF2N2O2S. The van der Waals surface area contributed by atoms with Crippen LogP contribution in [0.3, 0.4) is 0 Å². The fourth-order valence-corrected chi connectivity index (χ4v) is 3.70. The summed E-state index contributed by atoms with van der Waals surface area (Å²) in [4.78, 5) is -0.662. The summed E-state index contributed by atoms with van der Waals surface area (Å²) in [5.41, 5.74) is 6.21. The first-order chi connectivity index (χ1) is 11.0. The maximum absolute atomic E-state index is 13.9. The van der Waals surface area contributed by atoms with Crippen molar-refractivity contribution in [1.82, 2.24) is 4.31 Å². The van der Waals surface area contributed by atoms with E-state index in [4.69, 9.17) is 5.73 Å². The fourth-order valence-electron chi connectivity index (χ4n) is 2.16. The van der Waals surface area contributed by atoms with Crippen LogP contribution in [-0.4, -0.2) is 25.8 Å². The number of rotatable bonds is 7. The van der Waals surface area contributed by atoms with Gasteiger partial charge in [-0.1, -0.05) is 36.4 Å². The summed E-state index contributed by atoms with van der Waals surface area (Å²) < 4.78 is 53.8. The molecule has 2 rings (SSSR count). The van der Waals surface area contributed by atoms with Crippen molar-refractivity contribution in [2.45, 2.75) is 17.9 Å². The smallest absolute Gasteiger partial charge is 0.246 e. The van der Waals surface area contributed by atoms with Crippen molar-refractivity contribution < 1.29 is 17.2 Å². The Morgan fingerprint density at radius 1 is 1.00 bits per heavy atom. The zero-order chi connectivity index (χ0) is 16.9. The number of nitrogens with zero attached hydrogens (tertiary/aromatic N) is 1. The van der Waals surface area contributed by atoms with E-state index in [1.165, 1.54) is 6.07 Å². The quantitative estimate of drug-likeness (QED) is 0.808.